The average molecular weight is 187 g/mol. The molecule has 1 nitrogen and oxygen atoms in total. The van der Waals surface area contributed by atoms with E-state index in [1.54, 1.807) is 0 Å². The first-order valence-electron chi connectivity index (χ1n) is 4.57. The fourth-order valence-corrected chi connectivity index (χ4v) is 1.26. The quantitative estimate of drug-likeness (QED) is 0.613. The van der Waals surface area contributed by atoms with Gasteiger partial charge in [-0.05, 0) is 11.1 Å². The summed E-state index contributed by atoms with van der Waals surface area (Å²) in [6.45, 7) is 0. The van der Waals surface area contributed by atoms with Gasteiger partial charge in [-0.25, -0.2) is 0 Å². The van der Waals surface area contributed by atoms with Gasteiger partial charge in [0.2, 0.25) is 0 Å². The van der Waals surface area contributed by atoms with Crippen molar-refractivity contribution in [2.75, 3.05) is 7.11 Å². The number of rotatable bonds is 1. The molecule has 0 atom stereocenters. The SMILES string of the molecule is C[OH2+].c1ccc(-c2ccccc2)cc1. The predicted octanol–water partition coefficient (Wildman–Crippen LogP) is 2.69. The molecule has 2 rings (SSSR count). The minimum Gasteiger partial charge on any atom is -0.448 e. The molecule has 14 heavy (non-hydrogen) atoms. The first-order valence-corrected chi connectivity index (χ1v) is 4.57. The van der Waals surface area contributed by atoms with Crippen LogP contribution in [0.15, 0.2) is 60.7 Å². The number of hydrogen-bond acceptors (Lipinski definition) is 0. The Morgan fingerprint density at radius 3 is 1.14 bits per heavy atom. The van der Waals surface area contributed by atoms with Gasteiger partial charge in [-0.2, -0.15) is 0 Å². The van der Waals surface area contributed by atoms with E-state index < -0.39 is 0 Å². The van der Waals surface area contributed by atoms with Gasteiger partial charge in [0.1, 0.15) is 7.11 Å². The third-order valence-electron chi connectivity index (χ3n) is 1.88. The van der Waals surface area contributed by atoms with Crippen molar-refractivity contribution in [2.24, 2.45) is 0 Å². The normalized spacial score (nSPS) is 8.71. The highest BCUT2D eigenvalue weighted by Gasteiger charge is 1.91. The van der Waals surface area contributed by atoms with E-state index in [2.05, 4.69) is 48.5 Å². The molecular formula is C13H15O+. The fourth-order valence-electron chi connectivity index (χ4n) is 1.26. The molecule has 0 saturated heterocycles. The van der Waals surface area contributed by atoms with Gasteiger partial charge >= 0.3 is 0 Å². The summed E-state index contributed by atoms with van der Waals surface area (Å²) in [6, 6.07) is 20.8. The van der Waals surface area contributed by atoms with Crippen molar-refractivity contribution in [3.63, 3.8) is 0 Å². The second-order valence-electron chi connectivity index (χ2n) is 2.73. The zero-order valence-electron chi connectivity index (χ0n) is 8.27. The first-order chi connectivity index (χ1) is 6.97. The molecule has 0 aliphatic rings. The maximum Gasteiger partial charge on any atom is 0.133 e. The lowest BCUT2D eigenvalue weighted by Gasteiger charge is -1.98. The van der Waals surface area contributed by atoms with Crippen LogP contribution in [0.1, 0.15) is 0 Å². The van der Waals surface area contributed by atoms with Gasteiger partial charge < -0.3 is 5.11 Å². The van der Waals surface area contributed by atoms with Crippen molar-refractivity contribution in [1.29, 1.82) is 0 Å². The van der Waals surface area contributed by atoms with E-state index in [-0.39, 0.29) is 0 Å². The van der Waals surface area contributed by atoms with Crippen molar-refractivity contribution in [1.82, 2.24) is 0 Å². The van der Waals surface area contributed by atoms with Crippen LogP contribution in [0.3, 0.4) is 0 Å². The van der Waals surface area contributed by atoms with E-state index in [4.69, 9.17) is 5.11 Å². The highest BCUT2D eigenvalue weighted by Crippen LogP contribution is 2.17. The first kappa shape index (κ1) is 10.5. The summed E-state index contributed by atoms with van der Waals surface area (Å²) in [5.74, 6) is 0. The van der Waals surface area contributed by atoms with Crippen LogP contribution in [0.2, 0.25) is 0 Å². The maximum absolute atomic E-state index is 5.75. The van der Waals surface area contributed by atoms with Crippen LogP contribution < -0.4 is 0 Å². The Kier molecular flexibility index (Phi) is 4.45. The summed E-state index contributed by atoms with van der Waals surface area (Å²) in [5.41, 5.74) is 2.55. The molecule has 2 aromatic rings. The Balaban J connectivity index is 0.000000461. The van der Waals surface area contributed by atoms with Crippen LogP contribution in [-0.2, 0) is 0 Å². The van der Waals surface area contributed by atoms with Gasteiger partial charge in [-0.15, -0.1) is 0 Å². The molecule has 1 heteroatoms. The lowest BCUT2D eigenvalue weighted by atomic mass is 10.1. The predicted molar refractivity (Wildman–Crippen MR) is 61.4 cm³/mol. The van der Waals surface area contributed by atoms with Gasteiger partial charge in [0.15, 0.2) is 0 Å². The van der Waals surface area contributed by atoms with Crippen molar-refractivity contribution in [2.45, 2.75) is 0 Å². The van der Waals surface area contributed by atoms with E-state index in [0.29, 0.717) is 0 Å². The van der Waals surface area contributed by atoms with Crippen LogP contribution in [0.25, 0.3) is 11.1 Å². The molecule has 0 bridgehead atoms. The van der Waals surface area contributed by atoms with Crippen LogP contribution in [0, 0.1) is 0 Å². The van der Waals surface area contributed by atoms with E-state index >= 15 is 0 Å². The summed E-state index contributed by atoms with van der Waals surface area (Å²) in [4.78, 5) is 0. The Morgan fingerprint density at radius 2 is 0.857 bits per heavy atom. The van der Waals surface area contributed by atoms with E-state index in [1.165, 1.54) is 18.2 Å². The minimum absolute atomic E-state index is 1.25. The molecule has 2 N–H and O–H groups in total. The van der Waals surface area contributed by atoms with Crippen molar-refractivity contribution >= 4 is 0 Å². The summed E-state index contributed by atoms with van der Waals surface area (Å²) in [7, 11) is 1.25. The number of benzene rings is 2. The zero-order chi connectivity index (χ0) is 10.2. The lowest BCUT2D eigenvalue weighted by Crippen LogP contribution is -1.73. The minimum atomic E-state index is 1.25. The molecule has 0 aliphatic carbocycles. The monoisotopic (exact) mass is 187 g/mol. The highest BCUT2D eigenvalue weighted by atomic mass is 16.2. The number of hydrogen-bond donors (Lipinski definition) is 0. The van der Waals surface area contributed by atoms with Crippen molar-refractivity contribution in [3.8, 4) is 11.1 Å². The molecule has 72 valence electrons. The Labute approximate surface area is 84.7 Å². The molecule has 0 radical (unpaired) electrons. The maximum atomic E-state index is 5.75. The van der Waals surface area contributed by atoms with E-state index in [0.717, 1.165) is 0 Å². The van der Waals surface area contributed by atoms with Gasteiger partial charge in [-0.1, -0.05) is 60.7 Å². The summed E-state index contributed by atoms with van der Waals surface area (Å²) in [5, 5.41) is 5.75. The molecule has 0 saturated carbocycles. The zero-order valence-corrected chi connectivity index (χ0v) is 8.27. The van der Waals surface area contributed by atoms with Crippen LogP contribution >= 0.6 is 0 Å². The fraction of sp³-hybridized carbons (Fsp3) is 0.0769. The van der Waals surface area contributed by atoms with Crippen LogP contribution in [-0.4, -0.2) is 12.2 Å². The van der Waals surface area contributed by atoms with Gasteiger partial charge in [-0.3, -0.25) is 0 Å². The molecule has 0 aliphatic heterocycles. The average Bonchev–Trinajstić information content (AvgIpc) is 2.34. The molecule has 0 unspecified atom stereocenters. The third-order valence-corrected chi connectivity index (χ3v) is 1.88. The largest absolute Gasteiger partial charge is 0.448 e. The van der Waals surface area contributed by atoms with Gasteiger partial charge in [0.05, 0.1) is 0 Å². The molecule has 0 amide bonds. The second-order valence-corrected chi connectivity index (χ2v) is 2.73. The lowest BCUT2D eigenvalue weighted by molar-refractivity contribution is 0.399. The van der Waals surface area contributed by atoms with Gasteiger partial charge in [0.25, 0.3) is 0 Å². The standard InChI is InChI=1S/C12H10.CH4O/c1-3-7-11(8-4-1)12-9-5-2-6-10-12;1-2/h1-10H;2H,1H3/p+1. The molecule has 0 heterocycles. The van der Waals surface area contributed by atoms with Crippen molar-refractivity contribution in [3.05, 3.63) is 60.7 Å². The molecular weight excluding hydrogens is 172 g/mol. The second kappa shape index (κ2) is 5.95. The Bertz CT molecular complexity index is 303. The third kappa shape index (κ3) is 2.71. The van der Waals surface area contributed by atoms with Crippen LogP contribution in [0.4, 0.5) is 0 Å². The summed E-state index contributed by atoms with van der Waals surface area (Å²) in [6.07, 6.45) is 0. The topological polar surface area (TPSA) is 22.9 Å². The van der Waals surface area contributed by atoms with Crippen LogP contribution in [0.5, 0.6) is 0 Å². The van der Waals surface area contributed by atoms with Crippen molar-refractivity contribution < 1.29 is 5.11 Å². The van der Waals surface area contributed by atoms with E-state index in [1.807, 2.05) is 12.1 Å². The van der Waals surface area contributed by atoms with Gasteiger partial charge in [0, 0.05) is 0 Å². The smallest absolute Gasteiger partial charge is 0.133 e. The Hall–Kier alpha value is -1.60. The molecule has 0 spiro atoms. The summed E-state index contributed by atoms with van der Waals surface area (Å²) >= 11 is 0. The Morgan fingerprint density at radius 1 is 0.571 bits per heavy atom. The molecule has 0 fully saturated rings. The molecule has 0 aromatic heterocycles. The summed E-state index contributed by atoms with van der Waals surface area (Å²) < 4.78 is 0. The molecule has 2 aromatic carbocycles. The highest BCUT2D eigenvalue weighted by molar-refractivity contribution is 5.62. The van der Waals surface area contributed by atoms with E-state index in [9.17, 15) is 0 Å².